The van der Waals surface area contributed by atoms with E-state index in [9.17, 15) is 23.3 Å². The Kier molecular flexibility index (Phi) is 14.7. The van der Waals surface area contributed by atoms with Gasteiger partial charge in [0.05, 0.1) is 27.3 Å². The first-order valence-corrected chi connectivity index (χ1v) is 27.7. The molecule has 15 nitrogen and oxygen atoms in total. The number of sulfonamides is 1. The number of nitrogens with one attached hydrogen (secondary N) is 3. The standard InChI is InChI=1S/C57H66F2N8O7S/c1-37(2)40-11-9-39(10-12-40)34-64-23-24-66(52(35-64)46-8-6-5-7-45(46)38(3)4)42-31-56(32-42)16-21-65(22-17-56)50-30-53(74-43-27-41-15-20-60-54(41)61-33-43)47(29-48(50)58)55(68)63-75(71,72)44-13-14-49(51(28-44)67(69)70)62-36-57(59)18-25-73-26-19-57/h5-15,20,27-30,33,37-38,42,52,62H,16-19,21-26,31-32,34-36H2,1-4H3,(H,60,61)(H,63,68)/t52-/m0/s1. The number of benzene rings is 4. The van der Waals surface area contributed by atoms with Crippen LogP contribution < -0.4 is 19.7 Å². The molecule has 4 fully saturated rings. The molecule has 5 heterocycles. The molecule has 18 heteroatoms. The van der Waals surface area contributed by atoms with Crippen LogP contribution in [-0.4, -0.2) is 103 Å². The maximum absolute atomic E-state index is 16.6. The van der Waals surface area contributed by atoms with Crippen LogP contribution in [0.4, 0.5) is 25.8 Å². The molecule has 1 spiro atoms. The average molecular weight is 1050 g/mol. The summed E-state index contributed by atoms with van der Waals surface area (Å²) in [5, 5.41) is 15.6. The van der Waals surface area contributed by atoms with E-state index in [1.807, 2.05) is 9.62 Å². The number of nitro benzene ring substituents is 1. The Hall–Kier alpha value is -6.47. The van der Waals surface area contributed by atoms with Gasteiger partial charge in [0.1, 0.15) is 34.3 Å². The highest BCUT2D eigenvalue weighted by atomic mass is 32.2. The van der Waals surface area contributed by atoms with Crippen LogP contribution in [0.25, 0.3) is 11.0 Å². The Morgan fingerprint density at radius 1 is 0.933 bits per heavy atom. The van der Waals surface area contributed by atoms with Crippen molar-refractivity contribution >= 4 is 44.0 Å². The number of piperazine rings is 1. The van der Waals surface area contributed by atoms with E-state index in [0.29, 0.717) is 42.0 Å². The molecule has 2 aromatic heterocycles. The fraction of sp³-hybridized carbons (Fsp3) is 0.439. The van der Waals surface area contributed by atoms with Gasteiger partial charge in [-0.3, -0.25) is 24.7 Å². The fourth-order valence-electron chi connectivity index (χ4n) is 11.7. The van der Waals surface area contributed by atoms with E-state index < -0.39 is 48.5 Å². The highest BCUT2D eigenvalue weighted by molar-refractivity contribution is 7.90. The van der Waals surface area contributed by atoms with Crippen molar-refractivity contribution < 1.29 is 36.4 Å². The summed E-state index contributed by atoms with van der Waals surface area (Å²) in [6.07, 6.45) is 7.14. The number of carbonyl (C=O) groups excluding carboxylic acids is 1. The lowest BCUT2D eigenvalue weighted by Crippen LogP contribution is -2.60. The first-order chi connectivity index (χ1) is 35.9. The third-order valence-electron chi connectivity index (χ3n) is 16.1. The molecule has 1 amide bonds. The van der Waals surface area contributed by atoms with E-state index in [1.165, 1.54) is 34.5 Å². The number of amides is 1. The number of hydrogen-bond acceptors (Lipinski definition) is 12. The molecular formula is C57H66F2N8O7S. The van der Waals surface area contributed by atoms with E-state index in [4.69, 9.17) is 9.47 Å². The van der Waals surface area contributed by atoms with Crippen molar-refractivity contribution in [3.05, 3.63) is 147 Å². The van der Waals surface area contributed by atoms with Gasteiger partial charge in [0.2, 0.25) is 0 Å². The van der Waals surface area contributed by atoms with Gasteiger partial charge >= 0.3 is 0 Å². The number of halogens is 2. The van der Waals surface area contributed by atoms with Crippen LogP contribution in [0.3, 0.4) is 0 Å². The second kappa shape index (κ2) is 21.3. The summed E-state index contributed by atoms with van der Waals surface area (Å²) in [5.74, 6) is -0.973. The van der Waals surface area contributed by atoms with Gasteiger partial charge < -0.3 is 24.7 Å². The number of anilines is 2. The number of ether oxygens (including phenoxy) is 2. The molecule has 1 atom stereocenters. The van der Waals surface area contributed by atoms with Crippen molar-refractivity contribution in [3.8, 4) is 11.5 Å². The minimum atomic E-state index is -4.78. The van der Waals surface area contributed by atoms with Gasteiger partial charge in [0.15, 0.2) is 0 Å². The quantitative estimate of drug-likeness (QED) is 0.0619. The molecule has 1 saturated carbocycles. The minimum absolute atomic E-state index is 0.0962. The number of carbonyl (C=O) groups is 1. The summed E-state index contributed by atoms with van der Waals surface area (Å²) in [6, 6.07) is 27.6. The summed E-state index contributed by atoms with van der Waals surface area (Å²) in [6.45, 7) is 14.1. The zero-order valence-electron chi connectivity index (χ0n) is 43.0. The molecular weight excluding hydrogens is 979 g/mol. The number of nitrogens with zero attached hydrogens (tertiary/aromatic N) is 5. The molecule has 3 saturated heterocycles. The van der Waals surface area contributed by atoms with Crippen molar-refractivity contribution in [2.75, 3.05) is 62.7 Å². The lowest BCUT2D eigenvalue weighted by atomic mass is 9.59. The highest BCUT2D eigenvalue weighted by Crippen LogP contribution is 2.54. The number of nitro groups is 1. The number of rotatable bonds is 16. The van der Waals surface area contributed by atoms with Crippen LogP contribution in [0, 0.1) is 21.3 Å². The van der Waals surface area contributed by atoms with Crippen molar-refractivity contribution in [1.82, 2.24) is 24.5 Å². The molecule has 4 aromatic carbocycles. The number of fused-ring (bicyclic) bond motifs is 1. The molecule has 4 aliphatic rings. The van der Waals surface area contributed by atoms with E-state index in [1.54, 1.807) is 18.3 Å². The summed E-state index contributed by atoms with van der Waals surface area (Å²) < 4.78 is 73.0. The smallest absolute Gasteiger partial charge is 0.293 e. The monoisotopic (exact) mass is 1040 g/mol. The number of aromatic nitrogens is 2. The zero-order valence-corrected chi connectivity index (χ0v) is 43.8. The largest absolute Gasteiger partial charge is 0.455 e. The molecule has 3 aliphatic heterocycles. The summed E-state index contributed by atoms with van der Waals surface area (Å²) in [4.78, 5) is 39.6. The van der Waals surface area contributed by atoms with Crippen LogP contribution in [0.15, 0.2) is 108 Å². The number of H-pyrrole nitrogens is 1. The van der Waals surface area contributed by atoms with E-state index in [-0.39, 0.29) is 66.9 Å². The Morgan fingerprint density at radius 3 is 2.40 bits per heavy atom. The molecule has 10 rings (SSSR count). The van der Waals surface area contributed by atoms with Crippen molar-refractivity contribution in [2.24, 2.45) is 5.41 Å². The predicted molar refractivity (Wildman–Crippen MR) is 285 cm³/mol. The minimum Gasteiger partial charge on any atom is -0.455 e. The highest BCUT2D eigenvalue weighted by Gasteiger charge is 2.50. The Bertz CT molecular complexity index is 3170. The molecule has 0 unspecified atom stereocenters. The molecule has 1 aliphatic carbocycles. The van der Waals surface area contributed by atoms with Crippen molar-refractivity contribution in [3.63, 3.8) is 0 Å². The van der Waals surface area contributed by atoms with Gasteiger partial charge in [-0.25, -0.2) is 26.9 Å². The van der Waals surface area contributed by atoms with Gasteiger partial charge in [0, 0.05) is 108 Å². The Morgan fingerprint density at radius 2 is 1.68 bits per heavy atom. The summed E-state index contributed by atoms with van der Waals surface area (Å²) in [5.41, 5.74) is 3.56. The van der Waals surface area contributed by atoms with Gasteiger partial charge in [0.25, 0.3) is 21.6 Å². The SMILES string of the molecule is CC(C)c1ccc(CN2CCN(C3CC4(CCN(c5cc(Oc6cnc7[nH]ccc7c6)c(C(=O)NS(=O)(=O)c6ccc(NCC7(F)CCOCC7)c([N+](=O)[O-])c6)cc5F)CC4)C3)[C@H](c3ccccc3C(C)C)C2)cc1. The second-order valence-electron chi connectivity index (χ2n) is 21.7. The maximum atomic E-state index is 16.6. The Labute approximate surface area is 437 Å². The van der Waals surface area contributed by atoms with Crippen molar-refractivity contribution in [2.45, 2.75) is 107 Å². The molecule has 3 N–H and O–H groups in total. The van der Waals surface area contributed by atoms with E-state index >= 15 is 8.78 Å². The molecule has 0 bridgehead atoms. The second-order valence-corrected chi connectivity index (χ2v) is 23.4. The number of alkyl halides is 1. The average Bonchev–Trinajstić information content (AvgIpc) is 3.89. The van der Waals surface area contributed by atoms with Crippen LogP contribution in [0.5, 0.6) is 11.5 Å². The van der Waals surface area contributed by atoms with Crippen LogP contribution in [-0.2, 0) is 21.3 Å². The molecule has 0 radical (unpaired) electrons. The first-order valence-electron chi connectivity index (χ1n) is 26.2. The maximum Gasteiger partial charge on any atom is 0.293 e. The number of aromatic amines is 1. The zero-order chi connectivity index (χ0) is 52.6. The van der Waals surface area contributed by atoms with Gasteiger partial charge in [-0.2, -0.15) is 0 Å². The third-order valence-corrected chi connectivity index (χ3v) is 17.4. The first kappa shape index (κ1) is 52.0. The lowest BCUT2D eigenvalue weighted by molar-refractivity contribution is -0.384. The number of piperidine rings is 1. The molecule has 396 valence electrons. The lowest BCUT2D eigenvalue weighted by Gasteiger charge is -2.58. The molecule has 6 aromatic rings. The normalized spacial score (nSPS) is 19.4. The van der Waals surface area contributed by atoms with E-state index in [0.717, 1.165) is 76.1 Å². The Balaban J connectivity index is 0.849. The van der Waals surface area contributed by atoms with E-state index in [2.05, 4.69) is 101 Å². The number of hydrogen-bond donors (Lipinski definition) is 3. The fourth-order valence-corrected chi connectivity index (χ4v) is 12.6. The summed E-state index contributed by atoms with van der Waals surface area (Å²) >= 11 is 0. The van der Waals surface area contributed by atoms with Gasteiger partial charge in [-0.1, -0.05) is 76.2 Å². The van der Waals surface area contributed by atoms with Crippen molar-refractivity contribution in [1.29, 1.82) is 0 Å². The van der Waals surface area contributed by atoms with Gasteiger partial charge in [-0.05, 0) is 95.5 Å². The molecule has 75 heavy (non-hydrogen) atoms. The number of pyridine rings is 1. The topological polar surface area (TPSA) is 175 Å². The van der Waals surface area contributed by atoms with Gasteiger partial charge in [-0.15, -0.1) is 0 Å². The summed E-state index contributed by atoms with van der Waals surface area (Å²) in [7, 11) is -4.78. The van der Waals surface area contributed by atoms with Crippen LogP contribution in [0.2, 0.25) is 0 Å². The van der Waals surface area contributed by atoms with Crippen LogP contribution in [0.1, 0.15) is 117 Å². The van der Waals surface area contributed by atoms with Crippen LogP contribution >= 0.6 is 0 Å². The third kappa shape index (κ3) is 11.3. The predicted octanol–water partition coefficient (Wildman–Crippen LogP) is 11.0.